The van der Waals surface area contributed by atoms with Crippen LogP contribution in [-0.4, -0.2) is 39.9 Å². The zero-order valence-electron chi connectivity index (χ0n) is 13.4. The van der Waals surface area contributed by atoms with Crippen LogP contribution in [0.5, 0.6) is 0 Å². The van der Waals surface area contributed by atoms with Gasteiger partial charge in [0.1, 0.15) is 0 Å². The molecule has 1 saturated heterocycles. The van der Waals surface area contributed by atoms with Gasteiger partial charge in [0.25, 0.3) is 5.24 Å². The number of imide groups is 1. The summed E-state index contributed by atoms with van der Waals surface area (Å²) < 4.78 is 0. The Balaban J connectivity index is 1.58. The maximum absolute atomic E-state index is 12.2. The fourth-order valence-electron chi connectivity index (χ4n) is 3.27. The number of urea groups is 1. The number of nitrogens with zero attached hydrogens (tertiary/aromatic N) is 1. The molecule has 24 heavy (non-hydrogen) atoms. The van der Waals surface area contributed by atoms with Crippen molar-refractivity contribution in [2.45, 2.75) is 44.3 Å². The van der Waals surface area contributed by atoms with Gasteiger partial charge in [0.05, 0.1) is 17.8 Å². The molecule has 1 heterocycles. The Morgan fingerprint density at radius 2 is 1.92 bits per heavy atom. The first-order chi connectivity index (χ1) is 11.6. The molecule has 0 spiro atoms. The van der Waals surface area contributed by atoms with Crippen LogP contribution in [0.3, 0.4) is 0 Å². The van der Waals surface area contributed by atoms with Crippen LogP contribution in [0, 0.1) is 0 Å². The molecule has 1 aromatic rings. The zero-order valence-corrected chi connectivity index (χ0v) is 14.2. The molecule has 7 heteroatoms. The van der Waals surface area contributed by atoms with Crippen LogP contribution in [0.1, 0.15) is 31.2 Å². The lowest BCUT2D eigenvalue weighted by Gasteiger charge is -2.36. The van der Waals surface area contributed by atoms with Crippen molar-refractivity contribution in [2.24, 2.45) is 0 Å². The van der Waals surface area contributed by atoms with Crippen LogP contribution < -0.4 is 10.6 Å². The van der Waals surface area contributed by atoms with E-state index in [1.54, 1.807) is 0 Å². The van der Waals surface area contributed by atoms with Gasteiger partial charge in [0, 0.05) is 6.54 Å². The van der Waals surface area contributed by atoms with E-state index in [9.17, 15) is 14.4 Å². The van der Waals surface area contributed by atoms with Gasteiger partial charge in [-0.2, -0.15) is 0 Å². The first-order valence-corrected chi connectivity index (χ1v) is 9.21. The Morgan fingerprint density at radius 3 is 2.62 bits per heavy atom. The van der Waals surface area contributed by atoms with Gasteiger partial charge in [0.15, 0.2) is 0 Å². The van der Waals surface area contributed by atoms with E-state index in [1.165, 1.54) is 4.90 Å². The number of carbonyl (C=O) groups excluding carboxylic acids is 3. The third kappa shape index (κ3) is 3.90. The molecule has 2 atom stereocenters. The average molecular weight is 347 g/mol. The van der Waals surface area contributed by atoms with Gasteiger partial charge in [-0.1, -0.05) is 54.9 Å². The van der Waals surface area contributed by atoms with Gasteiger partial charge in [-0.15, -0.1) is 0 Å². The number of thioether (sulfide) groups is 1. The van der Waals surface area contributed by atoms with Gasteiger partial charge in [-0.3, -0.25) is 14.5 Å². The van der Waals surface area contributed by atoms with Crippen molar-refractivity contribution in [3.8, 4) is 0 Å². The molecule has 1 saturated carbocycles. The summed E-state index contributed by atoms with van der Waals surface area (Å²) in [6, 6.07) is 9.01. The van der Waals surface area contributed by atoms with E-state index in [0.29, 0.717) is 6.54 Å². The summed E-state index contributed by atoms with van der Waals surface area (Å²) in [5, 5.41) is 5.60. The largest absolute Gasteiger partial charge is 0.334 e. The van der Waals surface area contributed by atoms with Gasteiger partial charge in [-0.05, 0) is 18.4 Å². The van der Waals surface area contributed by atoms with Crippen LogP contribution in [0.15, 0.2) is 30.3 Å². The molecule has 0 bridgehead atoms. The molecular weight excluding hydrogens is 326 g/mol. The lowest BCUT2D eigenvalue weighted by molar-refractivity contribution is -0.127. The van der Waals surface area contributed by atoms with Gasteiger partial charge in [-0.25, -0.2) is 4.79 Å². The summed E-state index contributed by atoms with van der Waals surface area (Å²) in [5.74, 6) is 0.0656. The van der Waals surface area contributed by atoms with Crippen LogP contribution in [0.2, 0.25) is 0 Å². The third-order valence-electron chi connectivity index (χ3n) is 4.46. The quantitative estimate of drug-likeness (QED) is 0.877. The van der Waals surface area contributed by atoms with Crippen molar-refractivity contribution in [3.63, 3.8) is 0 Å². The topological polar surface area (TPSA) is 78.5 Å². The summed E-state index contributed by atoms with van der Waals surface area (Å²) in [6.45, 7) is 0.446. The normalized spacial score (nSPS) is 24.1. The molecular formula is C17H21N3O3S. The fourth-order valence-corrected chi connectivity index (χ4v) is 4.03. The highest BCUT2D eigenvalue weighted by Gasteiger charge is 2.41. The monoisotopic (exact) mass is 347 g/mol. The van der Waals surface area contributed by atoms with Crippen molar-refractivity contribution in [1.82, 2.24) is 15.5 Å². The molecule has 0 aromatic heterocycles. The summed E-state index contributed by atoms with van der Waals surface area (Å²) in [5.41, 5.74) is 1.02. The first kappa shape index (κ1) is 16.8. The zero-order chi connectivity index (χ0) is 16.9. The lowest BCUT2D eigenvalue weighted by Crippen LogP contribution is -2.56. The van der Waals surface area contributed by atoms with E-state index in [2.05, 4.69) is 10.6 Å². The van der Waals surface area contributed by atoms with Gasteiger partial charge >= 0.3 is 6.03 Å². The minimum atomic E-state index is -0.262. The number of amides is 4. The molecule has 0 radical (unpaired) electrons. The number of hydrogen-bond donors (Lipinski definition) is 2. The number of hydrogen-bond acceptors (Lipinski definition) is 4. The van der Waals surface area contributed by atoms with E-state index in [-0.39, 0.29) is 35.0 Å². The Kier molecular flexibility index (Phi) is 5.40. The maximum atomic E-state index is 12.2. The minimum absolute atomic E-state index is 0.145. The molecule has 2 N–H and O–H groups in total. The van der Waals surface area contributed by atoms with Crippen LogP contribution in [0.4, 0.5) is 9.59 Å². The Bertz CT molecular complexity index is 607. The lowest BCUT2D eigenvalue weighted by atomic mass is 9.89. The van der Waals surface area contributed by atoms with E-state index in [1.807, 2.05) is 30.3 Å². The van der Waals surface area contributed by atoms with E-state index < -0.39 is 0 Å². The van der Waals surface area contributed by atoms with Gasteiger partial charge in [0.2, 0.25) is 5.91 Å². The smallest absolute Gasteiger partial charge is 0.315 e. The number of nitrogens with one attached hydrogen (secondary N) is 2. The van der Waals surface area contributed by atoms with E-state index >= 15 is 0 Å². The van der Waals surface area contributed by atoms with Crippen LogP contribution in [-0.2, 0) is 11.3 Å². The molecule has 1 aromatic carbocycles. The Hall–Kier alpha value is -2.02. The first-order valence-electron chi connectivity index (χ1n) is 8.22. The predicted molar refractivity (Wildman–Crippen MR) is 92.6 cm³/mol. The second-order valence-electron chi connectivity index (χ2n) is 6.09. The molecule has 2 fully saturated rings. The molecule has 3 rings (SSSR count). The summed E-state index contributed by atoms with van der Waals surface area (Å²) in [6.07, 6.45) is 3.49. The van der Waals surface area contributed by atoms with Crippen molar-refractivity contribution in [1.29, 1.82) is 0 Å². The molecule has 4 amide bonds. The predicted octanol–water partition coefficient (Wildman–Crippen LogP) is 2.49. The summed E-state index contributed by atoms with van der Waals surface area (Å²) >= 11 is 1.04. The van der Waals surface area contributed by atoms with Crippen LogP contribution in [0.25, 0.3) is 0 Å². The summed E-state index contributed by atoms with van der Waals surface area (Å²) in [4.78, 5) is 37.5. The molecule has 1 aliphatic heterocycles. The molecule has 0 unspecified atom stereocenters. The molecule has 2 aliphatic rings. The molecule has 128 valence electrons. The van der Waals surface area contributed by atoms with Crippen LogP contribution >= 0.6 is 11.8 Å². The summed E-state index contributed by atoms with van der Waals surface area (Å²) in [7, 11) is 0. The Morgan fingerprint density at radius 1 is 1.17 bits per heavy atom. The van der Waals surface area contributed by atoms with Gasteiger partial charge < -0.3 is 10.6 Å². The second-order valence-corrected chi connectivity index (χ2v) is 7.02. The Labute approximate surface area is 145 Å². The maximum Gasteiger partial charge on any atom is 0.315 e. The highest BCUT2D eigenvalue weighted by molar-refractivity contribution is 8.14. The standard InChI is InChI=1S/C17H21N3O3S/c21-15-11-24-17(23)20(15)14-9-5-4-8-13(14)19-16(22)18-10-12-6-2-1-3-7-12/h1-3,6-7,13-14H,4-5,8-11H2,(H2,18,19,22)/t13-,14+/m0/s1. The minimum Gasteiger partial charge on any atom is -0.334 e. The van der Waals surface area contributed by atoms with Crippen molar-refractivity contribution >= 4 is 28.9 Å². The van der Waals surface area contributed by atoms with Crippen molar-refractivity contribution in [3.05, 3.63) is 35.9 Å². The third-order valence-corrected chi connectivity index (χ3v) is 5.29. The molecule has 1 aliphatic carbocycles. The fraction of sp³-hybridized carbons (Fsp3) is 0.471. The van der Waals surface area contributed by atoms with Crippen molar-refractivity contribution in [2.75, 3.05) is 5.75 Å². The highest BCUT2D eigenvalue weighted by atomic mass is 32.2. The average Bonchev–Trinajstić information content (AvgIpc) is 2.93. The highest BCUT2D eigenvalue weighted by Crippen LogP contribution is 2.30. The SMILES string of the molecule is O=C(NCc1ccccc1)N[C@H]1CCCC[C@H]1N1C(=O)CSC1=O. The van der Waals surface area contributed by atoms with E-state index in [0.717, 1.165) is 43.0 Å². The van der Waals surface area contributed by atoms with E-state index in [4.69, 9.17) is 0 Å². The van der Waals surface area contributed by atoms with Crippen molar-refractivity contribution < 1.29 is 14.4 Å². The number of carbonyl (C=O) groups is 3. The second kappa shape index (κ2) is 7.70. The molecule has 6 nitrogen and oxygen atoms in total. The number of benzene rings is 1. The number of rotatable bonds is 4.